The van der Waals surface area contributed by atoms with E-state index in [0.29, 0.717) is 47.7 Å². The van der Waals surface area contributed by atoms with Crippen LogP contribution >= 0.6 is 0 Å². The predicted octanol–water partition coefficient (Wildman–Crippen LogP) is 9.39. The van der Waals surface area contributed by atoms with Crippen LogP contribution in [-0.2, 0) is 4.79 Å². The van der Waals surface area contributed by atoms with Crippen LogP contribution in [0, 0.1) is 51.2 Å². The molecule has 10 atom stereocenters. The van der Waals surface area contributed by atoms with Crippen LogP contribution in [0.15, 0.2) is 43.0 Å². The number of carboxylic acid groups (broad SMARTS) is 1. The first kappa shape index (κ1) is 34.1. The Kier molecular flexibility index (Phi) is 8.41. The summed E-state index contributed by atoms with van der Waals surface area (Å²) < 4.78 is 0. The van der Waals surface area contributed by atoms with Gasteiger partial charge in [-0.15, -0.1) is 6.58 Å². The molecule has 5 nitrogen and oxygen atoms in total. The summed E-state index contributed by atoms with van der Waals surface area (Å²) in [6, 6.07) is 8.08. The smallest absolute Gasteiger partial charge is 0.335 e. The van der Waals surface area contributed by atoms with E-state index in [4.69, 9.17) is 0 Å². The van der Waals surface area contributed by atoms with Gasteiger partial charge in [0.25, 0.3) is 0 Å². The van der Waals surface area contributed by atoms with Gasteiger partial charge in [0.05, 0.1) is 12.1 Å². The molecule has 0 spiro atoms. The number of likely N-dealkylation sites (tertiary alicyclic amines) is 1. The van der Waals surface area contributed by atoms with Crippen molar-refractivity contribution in [2.24, 2.45) is 51.2 Å². The number of piperidine rings is 1. The lowest BCUT2D eigenvalue weighted by Crippen LogP contribution is -2.68. The van der Waals surface area contributed by atoms with Crippen LogP contribution in [0.25, 0.3) is 5.57 Å². The second-order valence-electron chi connectivity index (χ2n) is 18.6. The molecule has 10 unspecified atom stereocenters. The first-order valence-electron chi connectivity index (χ1n) is 19.4. The third kappa shape index (κ3) is 4.94. The van der Waals surface area contributed by atoms with Crippen LogP contribution in [-0.4, -0.2) is 46.6 Å². The zero-order valence-electron chi connectivity index (χ0n) is 30.7. The van der Waals surface area contributed by atoms with Gasteiger partial charge in [-0.25, -0.2) is 4.79 Å². The Bertz CT molecular complexity index is 1480. The van der Waals surface area contributed by atoms with E-state index in [0.717, 1.165) is 32.2 Å². The molecule has 7 rings (SSSR count). The van der Waals surface area contributed by atoms with Gasteiger partial charge in [-0.2, -0.15) is 0 Å². The molecule has 2 N–H and O–H groups in total. The number of carboxylic acids is 1. The number of rotatable bonds is 6. The topological polar surface area (TPSA) is 69.6 Å². The van der Waals surface area contributed by atoms with E-state index in [9.17, 15) is 14.7 Å². The fraction of sp³-hybridized carbons (Fsp3) is 0.721. The Morgan fingerprint density at radius 2 is 1.67 bits per heavy atom. The molecule has 262 valence electrons. The van der Waals surface area contributed by atoms with Gasteiger partial charge in [0.1, 0.15) is 0 Å². The average Bonchev–Trinajstić information content (AvgIpc) is 3.40. The standard InChI is InChI=1S/C43H62N2O3/c1-8-29-18-23-43(44-36(46)27-45-26-10-9-11-28(45)2)25-24-41(6)33(37(29)43)16-17-35-40(5)21-19-32(30-12-14-31(15-13-30)38(47)48)39(3,4)34(40)20-22-42(35,41)7/h8,12-15,19,28-29,33-35,37H,1,9-11,16-18,20-27H2,2-7H3,(H,44,46)(H,47,48). The highest BCUT2D eigenvalue weighted by Crippen LogP contribution is 2.76. The van der Waals surface area contributed by atoms with Gasteiger partial charge in [0, 0.05) is 11.6 Å². The summed E-state index contributed by atoms with van der Waals surface area (Å²) in [6.07, 6.45) is 19.1. The number of allylic oxidation sites excluding steroid dienone is 3. The number of benzene rings is 1. The Labute approximate surface area is 290 Å². The Morgan fingerprint density at radius 1 is 0.917 bits per heavy atom. The van der Waals surface area contributed by atoms with Crippen molar-refractivity contribution in [3.8, 4) is 0 Å². The minimum Gasteiger partial charge on any atom is -0.478 e. The highest BCUT2D eigenvalue weighted by Gasteiger charge is 2.70. The lowest BCUT2D eigenvalue weighted by molar-refractivity contribution is -0.219. The summed E-state index contributed by atoms with van der Waals surface area (Å²) >= 11 is 0. The number of hydrogen-bond acceptors (Lipinski definition) is 3. The van der Waals surface area contributed by atoms with Gasteiger partial charge >= 0.3 is 5.97 Å². The molecule has 1 amide bonds. The van der Waals surface area contributed by atoms with Crippen molar-refractivity contribution in [2.75, 3.05) is 13.1 Å². The highest BCUT2D eigenvalue weighted by atomic mass is 16.4. The normalized spacial score (nSPS) is 43.5. The van der Waals surface area contributed by atoms with Gasteiger partial charge < -0.3 is 10.4 Å². The quantitative estimate of drug-likeness (QED) is 0.300. The van der Waals surface area contributed by atoms with Crippen LogP contribution in [0.4, 0.5) is 0 Å². The minimum absolute atomic E-state index is 0.00800. The Balaban J connectivity index is 1.16. The lowest BCUT2D eigenvalue weighted by Gasteiger charge is -2.72. The van der Waals surface area contributed by atoms with E-state index in [1.165, 1.54) is 62.5 Å². The molecule has 0 aromatic heterocycles. The molecule has 0 bridgehead atoms. The molecule has 1 aliphatic heterocycles. The zero-order valence-corrected chi connectivity index (χ0v) is 30.7. The van der Waals surface area contributed by atoms with Crippen LogP contribution < -0.4 is 5.32 Å². The SMILES string of the molecule is C=CC1CCC2(NC(=O)CN3CCCCC3C)CCC3(C)C(CCC4C5(C)CC=C(c6ccc(C(=O)O)cc6)C(C)(C)C5CCC43C)C12. The summed E-state index contributed by atoms with van der Waals surface area (Å²) in [5.74, 6) is 2.16. The number of nitrogens with zero attached hydrogens (tertiary/aromatic N) is 1. The molecule has 48 heavy (non-hydrogen) atoms. The van der Waals surface area contributed by atoms with E-state index in [2.05, 4.69) is 70.5 Å². The molecule has 5 aliphatic carbocycles. The van der Waals surface area contributed by atoms with Gasteiger partial charge in [0.15, 0.2) is 0 Å². The molecule has 5 fully saturated rings. The molecule has 4 saturated carbocycles. The van der Waals surface area contributed by atoms with Gasteiger partial charge in [-0.1, -0.05) is 65.3 Å². The second kappa shape index (κ2) is 11.8. The maximum Gasteiger partial charge on any atom is 0.335 e. The number of carbonyl (C=O) groups excluding carboxylic acids is 1. The summed E-state index contributed by atoms with van der Waals surface area (Å²) in [4.78, 5) is 27.8. The van der Waals surface area contributed by atoms with Crippen molar-refractivity contribution >= 4 is 17.4 Å². The van der Waals surface area contributed by atoms with Crippen LogP contribution in [0.2, 0.25) is 0 Å². The lowest BCUT2D eigenvalue weighted by atomic mass is 9.33. The molecule has 1 heterocycles. The number of amides is 1. The molecule has 1 aromatic carbocycles. The van der Waals surface area contributed by atoms with Gasteiger partial charge in [0.2, 0.25) is 5.91 Å². The van der Waals surface area contributed by atoms with E-state index in [-0.39, 0.29) is 33.1 Å². The number of fused-ring (bicyclic) bond motifs is 7. The van der Waals surface area contributed by atoms with Crippen LogP contribution in [0.1, 0.15) is 135 Å². The van der Waals surface area contributed by atoms with Crippen LogP contribution in [0.3, 0.4) is 0 Å². The first-order valence-corrected chi connectivity index (χ1v) is 19.4. The Hall–Kier alpha value is -2.40. The molecule has 6 aliphatic rings. The maximum absolute atomic E-state index is 13.8. The van der Waals surface area contributed by atoms with E-state index < -0.39 is 5.97 Å². The molecular formula is C43H62N2O3. The highest BCUT2D eigenvalue weighted by molar-refractivity contribution is 5.88. The fourth-order valence-corrected chi connectivity index (χ4v) is 13.9. The van der Waals surface area contributed by atoms with Crippen molar-refractivity contribution in [3.63, 3.8) is 0 Å². The van der Waals surface area contributed by atoms with E-state index >= 15 is 0 Å². The fourth-order valence-electron chi connectivity index (χ4n) is 13.9. The number of nitrogens with one attached hydrogen (secondary N) is 1. The van der Waals surface area contributed by atoms with Crippen molar-refractivity contribution in [2.45, 2.75) is 130 Å². The maximum atomic E-state index is 13.8. The minimum atomic E-state index is -0.867. The summed E-state index contributed by atoms with van der Waals surface area (Å²) in [5, 5.41) is 13.3. The largest absolute Gasteiger partial charge is 0.478 e. The van der Waals surface area contributed by atoms with Crippen molar-refractivity contribution in [1.29, 1.82) is 0 Å². The molecule has 1 saturated heterocycles. The second-order valence-corrected chi connectivity index (χ2v) is 18.6. The van der Waals surface area contributed by atoms with Gasteiger partial charge in [-0.3, -0.25) is 9.69 Å². The third-order valence-corrected chi connectivity index (χ3v) is 16.5. The molecule has 0 radical (unpaired) electrons. The molecule has 5 heteroatoms. The molecule has 1 aromatic rings. The van der Waals surface area contributed by atoms with Crippen molar-refractivity contribution in [1.82, 2.24) is 10.2 Å². The van der Waals surface area contributed by atoms with Crippen LogP contribution in [0.5, 0.6) is 0 Å². The monoisotopic (exact) mass is 654 g/mol. The van der Waals surface area contributed by atoms with Gasteiger partial charge in [-0.05, 0) is 159 Å². The predicted molar refractivity (Wildman–Crippen MR) is 194 cm³/mol. The number of aromatic carboxylic acids is 1. The summed E-state index contributed by atoms with van der Waals surface area (Å²) in [5.41, 5.74) is 3.53. The first-order chi connectivity index (χ1) is 22.7. The number of hydrogen-bond donors (Lipinski definition) is 2. The van der Waals surface area contributed by atoms with E-state index in [1.54, 1.807) is 12.1 Å². The van der Waals surface area contributed by atoms with Crippen molar-refractivity contribution < 1.29 is 14.7 Å². The third-order valence-electron chi connectivity index (χ3n) is 16.5. The average molecular weight is 655 g/mol. The molecular weight excluding hydrogens is 592 g/mol. The summed E-state index contributed by atoms with van der Waals surface area (Å²) in [6.45, 7) is 21.2. The van der Waals surface area contributed by atoms with Crippen molar-refractivity contribution in [3.05, 3.63) is 54.1 Å². The summed E-state index contributed by atoms with van der Waals surface area (Å²) in [7, 11) is 0. The number of carbonyl (C=O) groups is 2. The zero-order chi connectivity index (χ0) is 34.3. The van der Waals surface area contributed by atoms with E-state index in [1.807, 2.05) is 12.1 Å². The Morgan fingerprint density at radius 3 is 2.35 bits per heavy atom.